The molecule has 1 rings (SSSR count). The third-order valence-electron chi connectivity index (χ3n) is 3.97. The van der Waals surface area contributed by atoms with Crippen LogP contribution in [-0.4, -0.2) is 54.6 Å². The summed E-state index contributed by atoms with van der Waals surface area (Å²) in [6.07, 6.45) is 1.10. The van der Waals surface area contributed by atoms with Gasteiger partial charge >= 0.3 is 0 Å². The van der Waals surface area contributed by atoms with Crippen LogP contribution < -0.4 is 5.32 Å². The Morgan fingerprint density at radius 3 is 2.21 bits per heavy atom. The predicted molar refractivity (Wildman–Crippen MR) is 79.9 cm³/mol. The normalized spacial score (nSPS) is 26.0. The molecule has 0 spiro atoms. The van der Waals surface area contributed by atoms with Gasteiger partial charge in [-0.1, -0.05) is 27.7 Å². The molecule has 3 atom stereocenters. The van der Waals surface area contributed by atoms with Gasteiger partial charge in [-0.2, -0.15) is 0 Å². The molecule has 1 aliphatic heterocycles. The van der Waals surface area contributed by atoms with Gasteiger partial charge in [0.15, 0.2) is 0 Å². The Bertz CT molecular complexity index is 302. The molecule has 112 valence electrons. The zero-order valence-corrected chi connectivity index (χ0v) is 13.6. The Kier molecular flexibility index (Phi) is 5.81. The molecule has 19 heavy (non-hydrogen) atoms. The fourth-order valence-corrected chi connectivity index (χ4v) is 2.55. The third-order valence-corrected chi connectivity index (χ3v) is 3.97. The van der Waals surface area contributed by atoms with Crippen molar-refractivity contribution < 1.29 is 4.79 Å². The first kappa shape index (κ1) is 16.4. The van der Waals surface area contributed by atoms with Crippen LogP contribution in [0.15, 0.2) is 0 Å². The minimum atomic E-state index is 0.00163. The zero-order chi connectivity index (χ0) is 14.7. The molecular formula is C15H31N3O. The van der Waals surface area contributed by atoms with Crippen LogP contribution in [0.4, 0.5) is 0 Å². The van der Waals surface area contributed by atoms with Crippen molar-refractivity contribution in [1.29, 1.82) is 0 Å². The lowest BCUT2D eigenvalue weighted by Gasteiger charge is -2.31. The number of carbonyl (C=O) groups excluding carboxylic acids is 1. The van der Waals surface area contributed by atoms with Crippen molar-refractivity contribution in [1.82, 2.24) is 15.1 Å². The van der Waals surface area contributed by atoms with Crippen molar-refractivity contribution >= 4 is 5.91 Å². The van der Waals surface area contributed by atoms with Crippen LogP contribution in [0, 0.1) is 11.8 Å². The lowest BCUT2D eigenvalue weighted by atomic mass is 10.0. The van der Waals surface area contributed by atoms with E-state index in [2.05, 4.69) is 58.9 Å². The van der Waals surface area contributed by atoms with E-state index < -0.39 is 0 Å². The van der Waals surface area contributed by atoms with Crippen LogP contribution in [0.1, 0.15) is 41.0 Å². The van der Waals surface area contributed by atoms with Crippen LogP contribution in [0.2, 0.25) is 0 Å². The van der Waals surface area contributed by atoms with Crippen LogP contribution in [0.3, 0.4) is 0 Å². The molecule has 1 heterocycles. The Labute approximate surface area is 118 Å². The van der Waals surface area contributed by atoms with Crippen LogP contribution in [0.5, 0.6) is 0 Å². The molecule has 1 amide bonds. The minimum absolute atomic E-state index is 0.00163. The van der Waals surface area contributed by atoms with Crippen molar-refractivity contribution in [3.63, 3.8) is 0 Å². The zero-order valence-electron chi connectivity index (χ0n) is 13.6. The first-order chi connectivity index (χ1) is 8.73. The van der Waals surface area contributed by atoms with Gasteiger partial charge in [0.25, 0.3) is 0 Å². The highest BCUT2D eigenvalue weighted by molar-refractivity contribution is 5.84. The highest BCUT2D eigenvalue weighted by Crippen LogP contribution is 2.22. The maximum atomic E-state index is 12.6. The summed E-state index contributed by atoms with van der Waals surface area (Å²) in [4.78, 5) is 16.8. The van der Waals surface area contributed by atoms with Crippen LogP contribution in [-0.2, 0) is 4.79 Å². The number of nitrogens with one attached hydrogen (secondary N) is 1. The molecule has 0 bridgehead atoms. The monoisotopic (exact) mass is 269 g/mol. The second-order valence-electron chi connectivity index (χ2n) is 6.84. The molecule has 1 N–H and O–H groups in total. The average Bonchev–Trinajstić information content (AvgIpc) is 2.57. The first-order valence-electron chi connectivity index (χ1n) is 7.47. The van der Waals surface area contributed by atoms with E-state index in [0.717, 1.165) is 13.0 Å². The Morgan fingerprint density at radius 2 is 1.79 bits per heavy atom. The SMILES string of the molecule is CC(C)CC1NC(C(C)C)N(CC(C)N(C)C)C1=O. The van der Waals surface area contributed by atoms with Crippen molar-refractivity contribution in [3.8, 4) is 0 Å². The molecule has 4 nitrogen and oxygen atoms in total. The first-order valence-corrected chi connectivity index (χ1v) is 7.47. The standard InChI is InChI=1S/C15H31N3O/c1-10(2)8-13-15(19)18(9-12(5)17(6)7)14(16-13)11(3)4/h10-14,16H,8-9H2,1-7H3. The molecular weight excluding hydrogens is 238 g/mol. The lowest BCUT2D eigenvalue weighted by molar-refractivity contribution is -0.131. The molecule has 4 heteroatoms. The Balaban J connectivity index is 2.77. The van der Waals surface area contributed by atoms with E-state index in [1.807, 2.05) is 4.90 Å². The van der Waals surface area contributed by atoms with E-state index in [1.54, 1.807) is 0 Å². The van der Waals surface area contributed by atoms with E-state index in [1.165, 1.54) is 0 Å². The lowest BCUT2D eigenvalue weighted by Crippen LogP contribution is -2.47. The average molecular weight is 269 g/mol. The summed E-state index contributed by atoms with van der Waals surface area (Å²) in [6, 6.07) is 0.381. The van der Waals surface area contributed by atoms with Gasteiger partial charge in [-0.25, -0.2) is 0 Å². The summed E-state index contributed by atoms with van der Waals surface area (Å²) >= 11 is 0. The van der Waals surface area contributed by atoms with Gasteiger partial charge in [0.05, 0.1) is 12.2 Å². The summed E-state index contributed by atoms with van der Waals surface area (Å²) in [5.41, 5.74) is 0. The quantitative estimate of drug-likeness (QED) is 0.798. The topological polar surface area (TPSA) is 35.6 Å². The molecule has 0 aliphatic carbocycles. The number of carbonyl (C=O) groups is 1. The molecule has 0 aromatic heterocycles. The van der Waals surface area contributed by atoms with Gasteiger partial charge in [0, 0.05) is 12.6 Å². The Morgan fingerprint density at radius 1 is 1.21 bits per heavy atom. The second-order valence-corrected chi connectivity index (χ2v) is 6.84. The molecule has 0 radical (unpaired) electrons. The van der Waals surface area contributed by atoms with Gasteiger partial charge in [0.2, 0.25) is 5.91 Å². The highest BCUT2D eigenvalue weighted by Gasteiger charge is 2.40. The maximum Gasteiger partial charge on any atom is 0.241 e. The van der Waals surface area contributed by atoms with Gasteiger partial charge in [0.1, 0.15) is 0 Å². The molecule has 0 aromatic carbocycles. The fourth-order valence-electron chi connectivity index (χ4n) is 2.55. The van der Waals surface area contributed by atoms with Crippen molar-refractivity contribution in [2.75, 3.05) is 20.6 Å². The van der Waals surface area contributed by atoms with Gasteiger partial charge in [-0.15, -0.1) is 0 Å². The molecule has 1 fully saturated rings. The second kappa shape index (κ2) is 6.71. The van der Waals surface area contributed by atoms with Gasteiger partial charge < -0.3 is 9.80 Å². The van der Waals surface area contributed by atoms with Crippen LogP contribution in [0.25, 0.3) is 0 Å². The summed E-state index contributed by atoms with van der Waals surface area (Å²) in [7, 11) is 4.13. The van der Waals surface area contributed by atoms with Crippen LogP contribution >= 0.6 is 0 Å². The van der Waals surface area contributed by atoms with Crippen molar-refractivity contribution in [2.45, 2.75) is 59.3 Å². The van der Waals surface area contributed by atoms with E-state index in [0.29, 0.717) is 17.9 Å². The minimum Gasteiger partial charge on any atom is -0.324 e. The van der Waals surface area contributed by atoms with E-state index in [-0.39, 0.29) is 18.1 Å². The fraction of sp³-hybridized carbons (Fsp3) is 0.933. The smallest absolute Gasteiger partial charge is 0.241 e. The number of hydrogen-bond donors (Lipinski definition) is 1. The summed E-state index contributed by atoms with van der Waals surface area (Å²) in [5.74, 6) is 1.26. The van der Waals surface area contributed by atoms with Crippen molar-refractivity contribution in [2.24, 2.45) is 11.8 Å². The van der Waals surface area contributed by atoms with Gasteiger partial charge in [-0.3, -0.25) is 10.1 Å². The van der Waals surface area contributed by atoms with E-state index in [9.17, 15) is 4.79 Å². The van der Waals surface area contributed by atoms with E-state index in [4.69, 9.17) is 0 Å². The number of likely N-dealkylation sites (N-methyl/N-ethyl adjacent to an activating group) is 1. The third kappa shape index (κ3) is 4.18. The number of rotatable bonds is 6. The predicted octanol–water partition coefficient (Wildman–Crippen LogP) is 1.77. The molecule has 1 aliphatic rings. The molecule has 1 saturated heterocycles. The molecule has 0 saturated carbocycles. The Hall–Kier alpha value is -0.610. The van der Waals surface area contributed by atoms with Gasteiger partial charge in [-0.05, 0) is 39.3 Å². The maximum absolute atomic E-state index is 12.6. The van der Waals surface area contributed by atoms with E-state index >= 15 is 0 Å². The summed E-state index contributed by atoms with van der Waals surface area (Å²) < 4.78 is 0. The van der Waals surface area contributed by atoms with Crippen molar-refractivity contribution in [3.05, 3.63) is 0 Å². The number of amides is 1. The number of hydrogen-bond acceptors (Lipinski definition) is 3. The highest BCUT2D eigenvalue weighted by atomic mass is 16.2. The molecule has 3 unspecified atom stereocenters. The molecule has 0 aromatic rings. The summed E-state index contributed by atoms with van der Waals surface area (Å²) in [5, 5.41) is 3.52. The number of nitrogens with zero attached hydrogens (tertiary/aromatic N) is 2. The largest absolute Gasteiger partial charge is 0.324 e. The summed E-state index contributed by atoms with van der Waals surface area (Å²) in [6.45, 7) is 11.7.